The van der Waals surface area contributed by atoms with Crippen LogP contribution in [0.3, 0.4) is 0 Å². The van der Waals surface area contributed by atoms with Gasteiger partial charge >= 0.3 is 5.97 Å². The number of aromatic nitrogens is 1. The molecular weight excluding hydrogens is 354 g/mol. The highest BCUT2D eigenvalue weighted by Crippen LogP contribution is 2.34. The fourth-order valence-corrected chi connectivity index (χ4v) is 3.09. The molecule has 21 heavy (non-hydrogen) atoms. The number of thiophene rings is 1. The van der Waals surface area contributed by atoms with E-state index in [1.165, 1.54) is 18.4 Å². The number of rotatable bonds is 3. The largest absolute Gasteiger partial charge is 0.465 e. The van der Waals surface area contributed by atoms with Crippen molar-refractivity contribution in [3.05, 3.63) is 51.9 Å². The summed E-state index contributed by atoms with van der Waals surface area (Å²) in [5, 5.41) is 0.905. The van der Waals surface area contributed by atoms with Crippen LogP contribution in [0.15, 0.2) is 47.1 Å². The molecule has 0 spiro atoms. The van der Waals surface area contributed by atoms with E-state index in [1.54, 1.807) is 12.3 Å². The maximum atomic E-state index is 11.6. The first-order chi connectivity index (χ1) is 10.2. The molecule has 2 aromatic heterocycles. The van der Waals surface area contributed by atoms with Crippen molar-refractivity contribution in [2.75, 3.05) is 7.11 Å². The predicted octanol–water partition coefficient (Wildman–Crippen LogP) is 4.64. The Morgan fingerprint density at radius 3 is 2.71 bits per heavy atom. The van der Waals surface area contributed by atoms with E-state index in [-0.39, 0.29) is 5.97 Å². The minimum absolute atomic E-state index is 0.356. The van der Waals surface area contributed by atoms with Gasteiger partial charge in [0.1, 0.15) is 10.6 Å². The Balaban J connectivity index is 2.00. The van der Waals surface area contributed by atoms with Crippen molar-refractivity contribution in [3.63, 3.8) is 0 Å². The third-order valence-electron chi connectivity index (χ3n) is 2.82. The van der Waals surface area contributed by atoms with E-state index in [4.69, 9.17) is 9.47 Å². The fourth-order valence-electron chi connectivity index (χ4n) is 1.83. The van der Waals surface area contributed by atoms with E-state index in [1.807, 2.05) is 30.3 Å². The highest BCUT2D eigenvalue weighted by atomic mass is 79.9. The smallest absolute Gasteiger partial charge is 0.348 e. The van der Waals surface area contributed by atoms with Crippen LogP contribution in [0.4, 0.5) is 0 Å². The Kier molecular flexibility index (Phi) is 3.90. The van der Waals surface area contributed by atoms with Gasteiger partial charge in [-0.3, -0.25) is 0 Å². The first kappa shape index (κ1) is 14.0. The van der Waals surface area contributed by atoms with Crippen molar-refractivity contribution in [3.8, 4) is 11.6 Å². The molecule has 1 aromatic carbocycles. The summed E-state index contributed by atoms with van der Waals surface area (Å²) in [4.78, 5) is 16.4. The van der Waals surface area contributed by atoms with Gasteiger partial charge in [0.2, 0.25) is 5.88 Å². The van der Waals surface area contributed by atoms with Crippen molar-refractivity contribution in [2.24, 2.45) is 0 Å². The molecule has 0 radical (unpaired) electrons. The van der Waals surface area contributed by atoms with Crippen molar-refractivity contribution in [1.82, 2.24) is 4.98 Å². The van der Waals surface area contributed by atoms with Gasteiger partial charge in [-0.25, -0.2) is 9.78 Å². The second-order valence-corrected chi connectivity index (χ2v) is 6.16. The van der Waals surface area contributed by atoms with Gasteiger partial charge in [-0.15, -0.1) is 11.3 Å². The summed E-state index contributed by atoms with van der Waals surface area (Å²) in [6, 6.07) is 11.1. The van der Waals surface area contributed by atoms with Crippen molar-refractivity contribution < 1.29 is 14.3 Å². The van der Waals surface area contributed by atoms with E-state index < -0.39 is 0 Å². The SMILES string of the molecule is COC(=O)c1cc2ccnc(Oc3ccc(Br)cc3)c2s1. The zero-order chi connectivity index (χ0) is 14.8. The van der Waals surface area contributed by atoms with Gasteiger partial charge in [-0.05, 0) is 36.4 Å². The first-order valence-electron chi connectivity index (χ1n) is 6.07. The number of carbonyl (C=O) groups excluding carboxylic acids is 1. The number of hydrogen-bond donors (Lipinski definition) is 0. The van der Waals surface area contributed by atoms with Gasteiger partial charge in [0.25, 0.3) is 0 Å². The topological polar surface area (TPSA) is 48.4 Å². The molecule has 0 aliphatic rings. The molecule has 0 amide bonds. The monoisotopic (exact) mass is 363 g/mol. The van der Waals surface area contributed by atoms with Gasteiger partial charge in [-0.1, -0.05) is 15.9 Å². The lowest BCUT2D eigenvalue weighted by Gasteiger charge is -2.05. The minimum Gasteiger partial charge on any atom is -0.465 e. The number of carbonyl (C=O) groups is 1. The van der Waals surface area contributed by atoms with Crippen LogP contribution in [0.25, 0.3) is 10.1 Å². The summed E-state index contributed by atoms with van der Waals surface area (Å²) < 4.78 is 12.3. The third kappa shape index (κ3) is 2.91. The van der Waals surface area contributed by atoms with Crippen LogP contribution in [0.1, 0.15) is 9.67 Å². The summed E-state index contributed by atoms with van der Waals surface area (Å²) in [5.41, 5.74) is 0. The highest BCUT2D eigenvalue weighted by Gasteiger charge is 2.14. The third-order valence-corrected chi connectivity index (χ3v) is 4.46. The van der Waals surface area contributed by atoms with Crippen LogP contribution in [-0.4, -0.2) is 18.1 Å². The number of nitrogens with zero attached hydrogens (tertiary/aromatic N) is 1. The maximum absolute atomic E-state index is 11.6. The zero-order valence-corrected chi connectivity index (χ0v) is 13.4. The summed E-state index contributed by atoms with van der Waals surface area (Å²) >= 11 is 4.69. The van der Waals surface area contributed by atoms with E-state index in [0.717, 1.165) is 14.6 Å². The van der Waals surface area contributed by atoms with Gasteiger partial charge in [-0.2, -0.15) is 0 Å². The number of benzene rings is 1. The van der Waals surface area contributed by atoms with Crippen LogP contribution in [0.2, 0.25) is 0 Å². The van der Waals surface area contributed by atoms with Gasteiger partial charge in [0.15, 0.2) is 0 Å². The molecule has 2 heterocycles. The first-order valence-corrected chi connectivity index (χ1v) is 7.68. The van der Waals surface area contributed by atoms with Gasteiger partial charge in [0.05, 0.1) is 11.8 Å². The van der Waals surface area contributed by atoms with Crippen LogP contribution in [-0.2, 0) is 4.74 Å². The lowest BCUT2D eigenvalue weighted by atomic mass is 10.3. The predicted molar refractivity (Wildman–Crippen MR) is 85.2 cm³/mol. The molecular formula is C15H10BrNO3S. The number of pyridine rings is 1. The standard InChI is InChI=1S/C15H10BrNO3S/c1-19-15(18)12-8-9-6-7-17-14(13(9)21-12)20-11-4-2-10(16)3-5-11/h2-8H,1H3. The minimum atomic E-state index is -0.356. The number of halogens is 1. The highest BCUT2D eigenvalue weighted by molar-refractivity contribution is 9.10. The number of methoxy groups -OCH3 is 1. The van der Waals surface area contributed by atoms with E-state index in [2.05, 4.69) is 20.9 Å². The second-order valence-electron chi connectivity index (χ2n) is 4.19. The number of hydrogen-bond acceptors (Lipinski definition) is 5. The van der Waals surface area contributed by atoms with Crippen molar-refractivity contribution >= 4 is 43.3 Å². The van der Waals surface area contributed by atoms with Gasteiger partial charge < -0.3 is 9.47 Å². The molecule has 0 bridgehead atoms. The lowest BCUT2D eigenvalue weighted by Crippen LogP contribution is -1.96. The number of fused-ring (bicyclic) bond motifs is 1. The summed E-state index contributed by atoms with van der Waals surface area (Å²) in [7, 11) is 1.37. The number of esters is 1. The van der Waals surface area contributed by atoms with Crippen molar-refractivity contribution in [2.45, 2.75) is 0 Å². The number of ether oxygens (including phenoxy) is 2. The van der Waals surface area contributed by atoms with Crippen LogP contribution < -0.4 is 4.74 Å². The van der Waals surface area contributed by atoms with Crippen LogP contribution >= 0.6 is 27.3 Å². The Morgan fingerprint density at radius 1 is 1.24 bits per heavy atom. The Hall–Kier alpha value is -1.92. The van der Waals surface area contributed by atoms with Crippen LogP contribution in [0, 0.1) is 0 Å². The molecule has 0 N–H and O–H groups in total. The summed E-state index contributed by atoms with van der Waals surface area (Å²) in [5.74, 6) is 0.812. The molecule has 0 aliphatic carbocycles. The van der Waals surface area contributed by atoms with E-state index in [0.29, 0.717) is 16.5 Å². The Labute approximate surface area is 133 Å². The second kappa shape index (κ2) is 5.83. The summed E-state index contributed by atoms with van der Waals surface area (Å²) in [6.07, 6.45) is 1.66. The Bertz CT molecular complexity index is 798. The molecule has 0 saturated carbocycles. The Morgan fingerprint density at radius 2 is 2.00 bits per heavy atom. The average Bonchev–Trinajstić information content (AvgIpc) is 2.94. The molecule has 106 valence electrons. The fraction of sp³-hybridized carbons (Fsp3) is 0.0667. The maximum Gasteiger partial charge on any atom is 0.348 e. The summed E-state index contributed by atoms with van der Waals surface area (Å²) in [6.45, 7) is 0. The zero-order valence-electron chi connectivity index (χ0n) is 11.0. The molecule has 0 atom stereocenters. The molecule has 4 nitrogen and oxygen atoms in total. The van der Waals surface area contributed by atoms with E-state index >= 15 is 0 Å². The lowest BCUT2D eigenvalue weighted by molar-refractivity contribution is 0.0606. The molecule has 0 fully saturated rings. The quantitative estimate of drug-likeness (QED) is 0.636. The molecule has 3 rings (SSSR count). The normalized spacial score (nSPS) is 10.6. The molecule has 3 aromatic rings. The molecule has 0 unspecified atom stereocenters. The molecule has 0 aliphatic heterocycles. The van der Waals surface area contributed by atoms with Crippen molar-refractivity contribution in [1.29, 1.82) is 0 Å². The van der Waals surface area contributed by atoms with E-state index in [9.17, 15) is 4.79 Å². The molecule has 6 heteroatoms. The average molecular weight is 364 g/mol. The van der Waals surface area contributed by atoms with Gasteiger partial charge in [0, 0.05) is 16.1 Å². The molecule has 0 saturated heterocycles. The van der Waals surface area contributed by atoms with Crippen LogP contribution in [0.5, 0.6) is 11.6 Å².